The SMILES string of the molecule is CC(NC(=O)N[C@@H](C)C(=O)O)C(=O)N1CCCCC1. The number of nitrogens with one attached hydrogen (secondary N) is 2. The number of rotatable bonds is 4. The summed E-state index contributed by atoms with van der Waals surface area (Å²) in [6, 6.07) is -2.29. The second-order valence-corrected chi connectivity index (χ2v) is 4.79. The van der Waals surface area contributed by atoms with Crippen LogP contribution in [0, 0.1) is 0 Å². The van der Waals surface area contributed by atoms with Gasteiger partial charge in [-0.3, -0.25) is 9.59 Å². The van der Waals surface area contributed by atoms with E-state index in [1.807, 2.05) is 0 Å². The smallest absolute Gasteiger partial charge is 0.325 e. The van der Waals surface area contributed by atoms with Crippen LogP contribution >= 0.6 is 0 Å². The molecule has 0 saturated carbocycles. The van der Waals surface area contributed by atoms with E-state index in [0.29, 0.717) is 0 Å². The lowest BCUT2D eigenvalue weighted by molar-refractivity contribution is -0.138. The monoisotopic (exact) mass is 271 g/mol. The maximum absolute atomic E-state index is 12.0. The fourth-order valence-corrected chi connectivity index (χ4v) is 1.95. The van der Waals surface area contributed by atoms with Crippen molar-refractivity contribution in [2.75, 3.05) is 13.1 Å². The Morgan fingerprint density at radius 3 is 2.05 bits per heavy atom. The Hall–Kier alpha value is -1.79. The second-order valence-electron chi connectivity index (χ2n) is 4.79. The first-order valence-electron chi connectivity index (χ1n) is 6.50. The average Bonchev–Trinajstić information content (AvgIpc) is 2.38. The van der Waals surface area contributed by atoms with Gasteiger partial charge >= 0.3 is 12.0 Å². The van der Waals surface area contributed by atoms with Gasteiger partial charge in [-0.2, -0.15) is 0 Å². The molecule has 1 aliphatic rings. The molecular formula is C12H21N3O4. The van der Waals surface area contributed by atoms with Crippen molar-refractivity contribution in [3.63, 3.8) is 0 Å². The summed E-state index contributed by atoms with van der Waals surface area (Å²) < 4.78 is 0. The standard InChI is InChI=1S/C12H21N3O4/c1-8(10(16)15-6-4-3-5-7-15)13-12(19)14-9(2)11(17)18/h8-9H,3-7H2,1-2H3,(H,17,18)(H2,13,14,19)/t8?,9-/m0/s1. The molecule has 7 heteroatoms. The maximum Gasteiger partial charge on any atom is 0.325 e. The van der Waals surface area contributed by atoms with E-state index in [2.05, 4.69) is 10.6 Å². The summed E-state index contributed by atoms with van der Waals surface area (Å²) in [5.74, 6) is -1.25. The molecule has 0 aliphatic carbocycles. The lowest BCUT2D eigenvalue weighted by atomic mass is 10.1. The number of carbonyl (C=O) groups excluding carboxylic acids is 2. The highest BCUT2D eigenvalue weighted by molar-refractivity contribution is 5.88. The zero-order valence-electron chi connectivity index (χ0n) is 11.3. The molecule has 1 saturated heterocycles. The number of aliphatic carboxylic acids is 1. The van der Waals surface area contributed by atoms with Crippen LogP contribution in [-0.2, 0) is 9.59 Å². The van der Waals surface area contributed by atoms with Gasteiger partial charge in [0.15, 0.2) is 0 Å². The zero-order chi connectivity index (χ0) is 14.4. The zero-order valence-corrected chi connectivity index (χ0v) is 11.3. The van der Waals surface area contributed by atoms with Crippen LogP contribution in [0.2, 0.25) is 0 Å². The van der Waals surface area contributed by atoms with Crippen molar-refractivity contribution in [2.45, 2.75) is 45.2 Å². The number of carboxylic acids is 1. The molecule has 1 heterocycles. The topological polar surface area (TPSA) is 98.7 Å². The average molecular weight is 271 g/mol. The van der Waals surface area contributed by atoms with Crippen LogP contribution in [0.1, 0.15) is 33.1 Å². The van der Waals surface area contributed by atoms with Gasteiger partial charge in [-0.1, -0.05) is 0 Å². The molecule has 0 radical (unpaired) electrons. The summed E-state index contributed by atoms with van der Waals surface area (Å²) in [5, 5.41) is 13.4. The number of urea groups is 1. The van der Waals surface area contributed by atoms with E-state index in [-0.39, 0.29) is 5.91 Å². The molecule has 1 aliphatic heterocycles. The summed E-state index contributed by atoms with van der Waals surface area (Å²) >= 11 is 0. The number of amides is 3. The van der Waals surface area contributed by atoms with Crippen LogP contribution in [0.4, 0.5) is 4.79 Å². The molecule has 0 aromatic heterocycles. The second kappa shape index (κ2) is 6.96. The lowest BCUT2D eigenvalue weighted by Crippen LogP contribution is -2.53. The first kappa shape index (κ1) is 15.3. The van der Waals surface area contributed by atoms with Crippen LogP contribution in [0.3, 0.4) is 0 Å². The Balaban J connectivity index is 2.40. The molecule has 1 fully saturated rings. The van der Waals surface area contributed by atoms with Gasteiger partial charge in [0.1, 0.15) is 12.1 Å². The molecule has 1 rings (SSSR count). The Kier molecular flexibility index (Phi) is 5.59. The van der Waals surface area contributed by atoms with Crippen LogP contribution in [0.5, 0.6) is 0 Å². The van der Waals surface area contributed by atoms with Gasteiger partial charge in [0.05, 0.1) is 0 Å². The van der Waals surface area contributed by atoms with Gasteiger partial charge in [0.2, 0.25) is 5.91 Å². The number of likely N-dealkylation sites (tertiary alicyclic amines) is 1. The van der Waals surface area contributed by atoms with Crippen LogP contribution < -0.4 is 10.6 Å². The van der Waals surface area contributed by atoms with Crippen molar-refractivity contribution in [1.29, 1.82) is 0 Å². The Bertz CT molecular complexity index is 353. The van der Waals surface area contributed by atoms with E-state index < -0.39 is 24.1 Å². The molecule has 0 spiro atoms. The predicted molar refractivity (Wildman–Crippen MR) is 68.7 cm³/mol. The van der Waals surface area contributed by atoms with Gasteiger partial charge in [0.25, 0.3) is 0 Å². The number of hydrogen-bond donors (Lipinski definition) is 3. The van der Waals surface area contributed by atoms with E-state index in [0.717, 1.165) is 32.4 Å². The Labute approximate surface area is 112 Å². The highest BCUT2D eigenvalue weighted by atomic mass is 16.4. The summed E-state index contributed by atoms with van der Waals surface area (Å²) in [6.07, 6.45) is 3.10. The largest absolute Gasteiger partial charge is 0.480 e. The van der Waals surface area contributed by atoms with E-state index in [1.165, 1.54) is 6.92 Å². The van der Waals surface area contributed by atoms with E-state index in [9.17, 15) is 14.4 Å². The van der Waals surface area contributed by atoms with Crippen LogP contribution in [0.15, 0.2) is 0 Å². The quantitative estimate of drug-likeness (QED) is 0.678. The van der Waals surface area contributed by atoms with Gasteiger partial charge in [-0.05, 0) is 33.1 Å². The molecule has 1 unspecified atom stereocenters. The molecule has 0 bridgehead atoms. The summed E-state index contributed by atoms with van der Waals surface area (Å²) in [6.45, 7) is 4.40. The van der Waals surface area contributed by atoms with Crippen molar-refractivity contribution < 1.29 is 19.5 Å². The number of piperidine rings is 1. The number of hydrogen-bond acceptors (Lipinski definition) is 3. The molecule has 19 heavy (non-hydrogen) atoms. The number of carbonyl (C=O) groups is 3. The van der Waals surface area contributed by atoms with Gasteiger partial charge in [0, 0.05) is 13.1 Å². The Morgan fingerprint density at radius 1 is 1.00 bits per heavy atom. The molecule has 3 amide bonds. The van der Waals surface area contributed by atoms with Gasteiger partial charge < -0.3 is 20.6 Å². The molecule has 3 N–H and O–H groups in total. The summed E-state index contributed by atoms with van der Waals surface area (Å²) in [5.41, 5.74) is 0. The molecule has 0 aromatic rings. The number of nitrogens with zero attached hydrogens (tertiary/aromatic N) is 1. The molecular weight excluding hydrogens is 250 g/mol. The third-order valence-corrected chi connectivity index (χ3v) is 3.10. The van der Waals surface area contributed by atoms with Crippen LogP contribution in [0.25, 0.3) is 0 Å². The van der Waals surface area contributed by atoms with E-state index in [1.54, 1.807) is 11.8 Å². The first-order valence-corrected chi connectivity index (χ1v) is 6.50. The number of carboxylic acid groups (broad SMARTS) is 1. The molecule has 7 nitrogen and oxygen atoms in total. The highest BCUT2D eigenvalue weighted by Crippen LogP contribution is 2.09. The van der Waals surface area contributed by atoms with E-state index in [4.69, 9.17) is 5.11 Å². The Morgan fingerprint density at radius 2 is 1.53 bits per heavy atom. The van der Waals surface area contributed by atoms with Crippen molar-refractivity contribution in [2.24, 2.45) is 0 Å². The van der Waals surface area contributed by atoms with Crippen molar-refractivity contribution >= 4 is 17.9 Å². The maximum atomic E-state index is 12.0. The fourth-order valence-electron chi connectivity index (χ4n) is 1.95. The van der Waals surface area contributed by atoms with Crippen LogP contribution in [-0.4, -0.2) is 53.1 Å². The highest BCUT2D eigenvalue weighted by Gasteiger charge is 2.24. The van der Waals surface area contributed by atoms with Gasteiger partial charge in [-0.25, -0.2) is 4.79 Å². The van der Waals surface area contributed by atoms with Gasteiger partial charge in [-0.15, -0.1) is 0 Å². The minimum atomic E-state index is -1.12. The molecule has 2 atom stereocenters. The predicted octanol–water partition coefficient (Wildman–Crippen LogP) is 0.160. The van der Waals surface area contributed by atoms with Crippen molar-refractivity contribution in [3.05, 3.63) is 0 Å². The fraction of sp³-hybridized carbons (Fsp3) is 0.750. The first-order chi connectivity index (χ1) is 8.91. The van der Waals surface area contributed by atoms with Crippen molar-refractivity contribution in [1.82, 2.24) is 15.5 Å². The molecule has 108 valence electrons. The minimum Gasteiger partial charge on any atom is -0.480 e. The lowest BCUT2D eigenvalue weighted by Gasteiger charge is -2.29. The summed E-state index contributed by atoms with van der Waals surface area (Å²) in [4.78, 5) is 35.8. The third-order valence-electron chi connectivity index (χ3n) is 3.10. The molecule has 0 aromatic carbocycles. The third kappa shape index (κ3) is 4.76. The summed E-state index contributed by atoms with van der Waals surface area (Å²) in [7, 11) is 0. The van der Waals surface area contributed by atoms with Crippen molar-refractivity contribution in [3.8, 4) is 0 Å². The minimum absolute atomic E-state index is 0.127. The normalized spacial score (nSPS) is 18.3. The van der Waals surface area contributed by atoms with E-state index >= 15 is 0 Å².